The average Bonchev–Trinajstić information content (AvgIpc) is 2.67. The maximum atomic E-state index is 11.3. The lowest BCUT2D eigenvalue weighted by Crippen LogP contribution is -2.11. The fourth-order valence-corrected chi connectivity index (χ4v) is 1.53. The van der Waals surface area contributed by atoms with Gasteiger partial charge in [-0.1, -0.05) is 30.3 Å². The highest BCUT2D eigenvalue weighted by Gasteiger charge is 2.23. The van der Waals surface area contributed by atoms with Crippen LogP contribution >= 0.6 is 0 Å². The number of aromatic nitrogens is 2. The first-order valence-corrected chi connectivity index (χ1v) is 5.34. The van der Waals surface area contributed by atoms with Crippen molar-refractivity contribution < 1.29 is 13.9 Å². The van der Waals surface area contributed by atoms with E-state index in [4.69, 9.17) is 9.15 Å². The molecule has 0 amide bonds. The smallest absolute Gasteiger partial charge is 0.436 e. The highest BCUT2D eigenvalue weighted by Crippen LogP contribution is 2.23. The van der Waals surface area contributed by atoms with Gasteiger partial charge in [-0.3, -0.25) is 4.79 Å². The van der Waals surface area contributed by atoms with Gasteiger partial charge in [-0.25, -0.2) is 4.79 Å². The summed E-state index contributed by atoms with van der Waals surface area (Å²) in [6, 6.07) is 8.97. The van der Waals surface area contributed by atoms with Crippen molar-refractivity contribution in [3.8, 4) is 0 Å². The highest BCUT2D eigenvalue weighted by atomic mass is 16.6. The molecule has 1 unspecified atom stereocenters. The van der Waals surface area contributed by atoms with Gasteiger partial charge in [0.25, 0.3) is 5.89 Å². The molecular formula is C12H12N2O4. The van der Waals surface area contributed by atoms with Crippen LogP contribution in [-0.2, 0) is 16.6 Å². The van der Waals surface area contributed by atoms with Crippen molar-refractivity contribution in [3.63, 3.8) is 0 Å². The summed E-state index contributed by atoms with van der Waals surface area (Å²) in [4.78, 5) is 22.4. The van der Waals surface area contributed by atoms with E-state index >= 15 is 0 Å². The van der Waals surface area contributed by atoms with Crippen molar-refractivity contribution in [1.82, 2.24) is 9.78 Å². The molecule has 0 aliphatic heterocycles. The Hall–Kier alpha value is -2.37. The molecule has 2 rings (SSSR count). The molecular weight excluding hydrogens is 236 g/mol. The highest BCUT2D eigenvalue weighted by molar-refractivity contribution is 5.66. The summed E-state index contributed by atoms with van der Waals surface area (Å²) in [5, 5.41) is 3.90. The maximum Gasteiger partial charge on any atom is 0.436 e. The molecule has 0 fully saturated rings. The monoisotopic (exact) mass is 248 g/mol. The molecule has 6 nitrogen and oxygen atoms in total. The zero-order valence-electron chi connectivity index (χ0n) is 9.99. The zero-order valence-corrected chi connectivity index (χ0v) is 9.99. The Morgan fingerprint density at radius 1 is 1.39 bits per heavy atom. The second-order valence-electron chi connectivity index (χ2n) is 3.73. The van der Waals surface area contributed by atoms with Gasteiger partial charge in [0.05, 0.1) is 0 Å². The van der Waals surface area contributed by atoms with Gasteiger partial charge < -0.3 is 9.15 Å². The number of hydrogen-bond acceptors (Lipinski definition) is 5. The van der Waals surface area contributed by atoms with Crippen LogP contribution in [0, 0.1) is 0 Å². The number of nitrogens with zero attached hydrogens (tertiary/aromatic N) is 2. The van der Waals surface area contributed by atoms with E-state index < -0.39 is 17.8 Å². The van der Waals surface area contributed by atoms with Gasteiger partial charge in [0.2, 0.25) is 6.10 Å². The molecule has 0 bridgehead atoms. The lowest BCUT2D eigenvalue weighted by molar-refractivity contribution is -0.145. The number of hydrogen-bond donors (Lipinski definition) is 0. The molecule has 18 heavy (non-hydrogen) atoms. The van der Waals surface area contributed by atoms with E-state index in [1.165, 1.54) is 14.0 Å². The average molecular weight is 248 g/mol. The lowest BCUT2D eigenvalue weighted by atomic mass is 10.1. The van der Waals surface area contributed by atoms with Crippen LogP contribution in [0.3, 0.4) is 0 Å². The third kappa shape index (κ3) is 2.48. The predicted octanol–water partition coefficient (Wildman–Crippen LogP) is 1.03. The van der Waals surface area contributed by atoms with Crippen LogP contribution in [0.5, 0.6) is 0 Å². The number of benzene rings is 1. The third-order valence-electron chi connectivity index (χ3n) is 2.32. The van der Waals surface area contributed by atoms with E-state index in [-0.39, 0.29) is 5.89 Å². The second-order valence-corrected chi connectivity index (χ2v) is 3.73. The Labute approximate surface area is 103 Å². The first-order valence-electron chi connectivity index (χ1n) is 5.34. The molecule has 0 aliphatic carbocycles. The Morgan fingerprint density at radius 2 is 2.06 bits per heavy atom. The summed E-state index contributed by atoms with van der Waals surface area (Å²) >= 11 is 0. The van der Waals surface area contributed by atoms with Crippen LogP contribution in [0.25, 0.3) is 0 Å². The molecule has 1 heterocycles. The maximum absolute atomic E-state index is 11.3. The van der Waals surface area contributed by atoms with E-state index in [0.29, 0.717) is 5.56 Å². The summed E-state index contributed by atoms with van der Waals surface area (Å²) < 4.78 is 11.1. The largest absolute Gasteiger partial charge is 0.447 e. The minimum Gasteiger partial charge on any atom is -0.447 e. The normalized spacial score (nSPS) is 12.1. The second kappa shape index (κ2) is 4.87. The van der Waals surface area contributed by atoms with Gasteiger partial charge in [0.15, 0.2) is 0 Å². The van der Waals surface area contributed by atoms with E-state index in [2.05, 4.69) is 5.10 Å². The Bertz CT molecular complexity index is 600. The molecule has 94 valence electrons. The zero-order chi connectivity index (χ0) is 13.1. The number of rotatable bonds is 3. The van der Waals surface area contributed by atoms with Crippen molar-refractivity contribution in [3.05, 3.63) is 52.3 Å². The number of aryl methyl sites for hydroxylation is 1. The minimum absolute atomic E-state index is 0.0592. The van der Waals surface area contributed by atoms with Crippen LogP contribution in [-0.4, -0.2) is 15.7 Å². The topological polar surface area (TPSA) is 74.3 Å². The number of esters is 1. The van der Waals surface area contributed by atoms with Gasteiger partial charge in [-0.15, -0.1) is 5.10 Å². The molecule has 1 aromatic carbocycles. The van der Waals surface area contributed by atoms with Gasteiger partial charge in [0, 0.05) is 19.5 Å². The molecule has 0 saturated heterocycles. The third-order valence-corrected chi connectivity index (χ3v) is 2.32. The Balaban J connectivity index is 2.43. The van der Waals surface area contributed by atoms with Gasteiger partial charge in [-0.2, -0.15) is 4.68 Å². The first kappa shape index (κ1) is 12.1. The molecule has 1 atom stereocenters. The SMILES string of the molecule is CC(=O)OC(c1ccccc1)c1nn(C)c(=O)o1. The molecule has 0 aliphatic rings. The van der Waals surface area contributed by atoms with Crippen molar-refractivity contribution in [1.29, 1.82) is 0 Å². The molecule has 0 spiro atoms. The number of carbonyl (C=O) groups is 1. The predicted molar refractivity (Wildman–Crippen MR) is 61.8 cm³/mol. The van der Waals surface area contributed by atoms with Gasteiger partial charge in [0.1, 0.15) is 0 Å². The van der Waals surface area contributed by atoms with E-state index in [1.54, 1.807) is 24.3 Å². The van der Waals surface area contributed by atoms with E-state index in [9.17, 15) is 9.59 Å². The van der Waals surface area contributed by atoms with Crippen LogP contribution in [0.2, 0.25) is 0 Å². The quantitative estimate of drug-likeness (QED) is 0.758. The summed E-state index contributed by atoms with van der Waals surface area (Å²) in [7, 11) is 1.46. The fraction of sp³-hybridized carbons (Fsp3) is 0.250. The van der Waals surface area contributed by atoms with E-state index in [0.717, 1.165) is 4.68 Å². The van der Waals surface area contributed by atoms with Crippen LogP contribution in [0.1, 0.15) is 24.5 Å². The molecule has 0 radical (unpaired) electrons. The van der Waals surface area contributed by atoms with Crippen LogP contribution < -0.4 is 5.76 Å². The first-order chi connectivity index (χ1) is 8.58. The molecule has 1 aromatic heterocycles. The lowest BCUT2D eigenvalue weighted by Gasteiger charge is -2.13. The summed E-state index contributed by atoms with van der Waals surface area (Å²) in [5.41, 5.74) is 0.689. The Morgan fingerprint density at radius 3 is 2.56 bits per heavy atom. The molecule has 0 saturated carbocycles. The number of ether oxygens (including phenoxy) is 1. The van der Waals surface area contributed by atoms with Crippen molar-refractivity contribution in [2.24, 2.45) is 7.05 Å². The minimum atomic E-state index is -0.808. The number of carbonyl (C=O) groups excluding carboxylic acids is 1. The van der Waals surface area contributed by atoms with Gasteiger partial charge in [-0.05, 0) is 0 Å². The van der Waals surface area contributed by atoms with E-state index in [1.807, 2.05) is 6.07 Å². The van der Waals surface area contributed by atoms with Gasteiger partial charge >= 0.3 is 11.7 Å². The summed E-state index contributed by atoms with van der Waals surface area (Å²) in [5.74, 6) is -1.01. The molecule has 2 aromatic rings. The fourth-order valence-electron chi connectivity index (χ4n) is 1.53. The van der Waals surface area contributed by atoms with Crippen LogP contribution in [0.4, 0.5) is 0 Å². The van der Waals surface area contributed by atoms with Crippen LogP contribution in [0.15, 0.2) is 39.5 Å². The molecule has 0 N–H and O–H groups in total. The molecule has 6 heteroatoms. The summed E-state index contributed by atoms with van der Waals surface area (Å²) in [6.07, 6.45) is -0.808. The summed E-state index contributed by atoms with van der Waals surface area (Å²) in [6.45, 7) is 1.29. The van der Waals surface area contributed by atoms with Crippen molar-refractivity contribution in [2.75, 3.05) is 0 Å². The standard InChI is InChI=1S/C12H12N2O4/c1-8(15)17-10(9-6-4-3-5-7-9)11-13-14(2)12(16)18-11/h3-7,10H,1-2H3. The van der Waals surface area contributed by atoms with Crippen molar-refractivity contribution >= 4 is 5.97 Å². The Kier molecular flexibility index (Phi) is 3.27. The van der Waals surface area contributed by atoms with Crippen molar-refractivity contribution in [2.45, 2.75) is 13.0 Å².